The van der Waals surface area contributed by atoms with Gasteiger partial charge in [0.15, 0.2) is 0 Å². The van der Waals surface area contributed by atoms with Crippen LogP contribution >= 0.6 is 11.6 Å². The van der Waals surface area contributed by atoms with Gasteiger partial charge in [0.2, 0.25) is 5.89 Å². The fourth-order valence-corrected chi connectivity index (χ4v) is 3.40. The minimum atomic E-state index is 0.524. The highest BCUT2D eigenvalue weighted by Gasteiger charge is 2.31. The Morgan fingerprint density at radius 3 is 2.76 bits per heavy atom. The van der Waals surface area contributed by atoms with Crippen LogP contribution in [0.3, 0.4) is 0 Å². The molecule has 1 aromatic carbocycles. The number of benzene rings is 1. The molecule has 5 rings (SSSR count). The number of hydrogen-bond donors (Lipinski definition) is 0. The van der Waals surface area contributed by atoms with Crippen LogP contribution in [0.2, 0.25) is 5.02 Å². The number of fused-ring (bicyclic) bond motifs is 4. The minimum absolute atomic E-state index is 0.524. The van der Waals surface area contributed by atoms with Gasteiger partial charge < -0.3 is 14.2 Å². The van der Waals surface area contributed by atoms with Crippen LogP contribution < -0.4 is 4.90 Å². The summed E-state index contributed by atoms with van der Waals surface area (Å²) in [7, 11) is 0. The van der Waals surface area contributed by atoms with Gasteiger partial charge in [-0.05, 0) is 31.0 Å². The van der Waals surface area contributed by atoms with Gasteiger partial charge in [0, 0.05) is 42.8 Å². The maximum Gasteiger partial charge on any atom is 0.318 e. The lowest BCUT2D eigenvalue weighted by Crippen LogP contribution is -2.38. The molecule has 0 spiro atoms. The molecular weight excluding hydrogens is 288 g/mol. The molecule has 110 valence electrons. The highest BCUT2D eigenvalue weighted by molar-refractivity contribution is 6.30. The third-order valence-corrected chi connectivity index (χ3v) is 4.62. The van der Waals surface area contributed by atoms with Crippen molar-refractivity contribution >= 4 is 17.6 Å². The van der Waals surface area contributed by atoms with E-state index in [0.717, 1.165) is 18.7 Å². The van der Waals surface area contributed by atoms with E-state index in [0.29, 0.717) is 23.0 Å². The predicted molar refractivity (Wildman–Crippen MR) is 81.6 cm³/mol. The summed E-state index contributed by atoms with van der Waals surface area (Å²) in [6.45, 7) is 4.39. The topological polar surface area (TPSA) is 45.4 Å². The molecule has 2 bridgehead atoms. The van der Waals surface area contributed by atoms with E-state index in [-0.39, 0.29) is 0 Å². The maximum atomic E-state index is 6.02. The number of halogens is 1. The van der Waals surface area contributed by atoms with Crippen molar-refractivity contribution in [2.45, 2.75) is 18.9 Å². The van der Waals surface area contributed by atoms with Gasteiger partial charge >= 0.3 is 6.01 Å². The standard InChI is InChI=1S/C15H17ClN4O/c16-12-3-1-2-11(10-12)14-17-18-15(21-14)20-9-8-19-6-4-13(20)5-7-19/h1-3,10,13H,4-9H2. The lowest BCUT2D eigenvalue weighted by molar-refractivity contribution is 0.249. The van der Waals surface area contributed by atoms with Gasteiger partial charge in [0.25, 0.3) is 0 Å². The molecule has 0 saturated carbocycles. The minimum Gasteiger partial charge on any atom is -0.403 e. The monoisotopic (exact) mass is 304 g/mol. The van der Waals surface area contributed by atoms with Gasteiger partial charge in [-0.2, -0.15) is 0 Å². The maximum absolute atomic E-state index is 6.02. The number of piperidine rings is 1. The first-order valence-electron chi connectivity index (χ1n) is 7.38. The van der Waals surface area contributed by atoms with Crippen LogP contribution in [-0.2, 0) is 0 Å². The lowest BCUT2D eigenvalue weighted by atomic mass is 10.1. The third kappa shape index (κ3) is 2.51. The fourth-order valence-electron chi connectivity index (χ4n) is 3.21. The number of hydrogen-bond acceptors (Lipinski definition) is 5. The average Bonchev–Trinajstić information content (AvgIpc) is 2.80. The summed E-state index contributed by atoms with van der Waals surface area (Å²) in [6, 6.07) is 8.67. The van der Waals surface area contributed by atoms with Gasteiger partial charge in [0.1, 0.15) is 0 Å². The van der Waals surface area contributed by atoms with Crippen molar-refractivity contribution in [3.63, 3.8) is 0 Å². The van der Waals surface area contributed by atoms with E-state index in [1.165, 1.54) is 25.9 Å². The van der Waals surface area contributed by atoms with Crippen LogP contribution in [0, 0.1) is 0 Å². The van der Waals surface area contributed by atoms with E-state index in [4.69, 9.17) is 16.0 Å². The normalized spacial score (nSPS) is 25.1. The summed E-state index contributed by atoms with van der Waals surface area (Å²) in [4.78, 5) is 4.78. The van der Waals surface area contributed by atoms with Gasteiger partial charge in [-0.3, -0.25) is 0 Å². The Morgan fingerprint density at radius 1 is 1.10 bits per heavy atom. The Hall–Kier alpha value is -1.59. The molecule has 0 radical (unpaired) electrons. The van der Waals surface area contributed by atoms with Crippen LogP contribution in [-0.4, -0.2) is 47.3 Å². The van der Waals surface area contributed by atoms with E-state index in [1.807, 2.05) is 24.3 Å². The number of rotatable bonds is 2. The van der Waals surface area contributed by atoms with Crippen LogP contribution in [0.4, 0.5) is 6.01 Å². The molecule has 3 aliphatic heterocycles. The molecule has 2 aromatic rings. The molecular formula is C15H17ClN4O. The summed E-state index contributed by atoms with van der Waals surface area (Å²) in [6.07, 6.45) is 2.35. The zero-order valence-corrected chi connectivity index (χ0v) is 12.5. The molecule has 0 amide bonds. The van der Waals surface area contributed by atoms with Crippen molar-refractivity contribution in [3.8, 4) is 11.5 Å². The van der Waals surface area contributed by atoms with Crippen LogP contribution in [0.1, 0.15) is 12.8 Å². The molecule has 3 saturated heterocycles. The second kappa shape index (κ2) is 5.31. The molecule has 4 heterocycles. The molecule has 0 N–H and O–H groups in total. The van der Waals surface area contributed by atoms with Crippen molar-refractivity contribution < 1.29 is 4.42 Å². The second-order valence-electron chi connectivity index (χ2n) is 5.67. The van der Waals surface area contributed by atoms with Crippen LogP contribution in [0.15, 0.2) is 28.7 Å². The molecule has 0 unspecified atom stereocenters. The Bertz CT molecular complexity index is 636. The molecule has 6 heteroatoms. The predicted octanol–water partition coefficient (Wildman–Crippen LogP) is 2.67. The lowest BCUT2D eigenvalue weighted by Gasteiger charge is -2.29. The SMILES string of the molecule is Clc1cccc(-c2nnc(N3CCN4CCC3CC4)o2)c1. The van der Waals surface area contributed by atoms with Crippen LogP contribution in [0.25, 0.3) is 11.5 Å². The number of nitrogens with zero attached hydrogens (tertiary/aromatic N) is 4. The quantitative estimate of drug-likeness (QED) is 0.853. The van der Waals surface area contributed by atoms with E-state index < -0.39 is 0 Å². The summed E-state index contributed by atoms with van der Waals surface area (Å²) in [5.74, 6) is 0.534. The highest BCUT2D eigenvalue weighted by atomic mass is 35.5. The molecule has 5 nitrogen and oxygen atoms in total. The summed E-state index contributed by atoms with van der Waals surface area (Å²) in [5.41, 5.74) is 0.865. The van der Waals surface area contributed by atoms with Crippen molar-refractivity contribution in [2.75, 3.05) is 31.1 Å². The van der Waals surface area contributed by atoms with Gasteiger partial charge in [-0.15, -0.1) is 5.10 Å². The first kappa shape index (κ1) is 13.1. The van der Waals surface area contributed by atoms with Gasteiger partial charge in [-0.1, -0.05) is 22.8 Å². The molecule has 0 aliphatic carbocycles. The Morgan fingerprint density at radius 2 is 1.95 bits per heavy atom. The van der Waals surface area contributed by atoms with E-state index in [9.17, 15) is 0 Å². The highest BCUT2D eigenvalue weighted by Crippen LogP contribution is 2.29. The smallest absolute Gasteiger partial charge is 0.318 e. The third-order valence-electron chi connectivity index (χ3n) is 4.39. The number of anilines is 1. The zero-order valence-electron chi connectivity index (χ0n) is 11.7. The second-order valence-corrected chi connectivity index (χ2v) is 6.10. The first-order chi connectivity index (χ1) is 10.3. The molecule has 1 aromatic heterocycles. The van der Waals surface area contributed by atoms with E-state index in [2.05, 4.69) is 20.0 Å². The number of aromatic nitrogens is 2. The summed E-state index contributed by atoms with van der Waals surface area (Å²) >= 11 is 6.02. The van der Waals surface area contributed by atoms with Gasteiger partial charge in [0.05, 0.1) is 0 Å². The van der Waals surface area contributed by atoms with Crippen molar-refractivity contribution in [2.24, 2.45) is 0 Å². The molecule has 0 atom stereocenters. The fraction of sp³-hybridized carbons (Fsp3) is 0.467. The first-order valence-corrected chi connectivity index (χ1v) is 7.76. The van der Waals surface area contributed by atoms with Crippen molar-refractivity contribution in [3.05, 3.63) is 29.3 Å². The molecule has 3 fully saturated rings. The Balaban J connectivity index is 1.62. The Labute approximate surface area is 128 Å². The summed E-state index contributed by atoms with van der Waals surface area (Å²) < 4.78 is 5.90. The zero-order chi connectivity index (χ0) is 14.2. The summed E-state index contributed by atoms with van der Waals surface area (Å²) in [5, 5.41) is 9.11. The Kier molecular flexibility index (Phi) is 3.31. The largest absolute Gasteiger partial charge is 0.403 e. The molecule has 21 heavy (non-hydrogen) atoms. The van der Waals surface area contributed by atoms with Gasteiger partial charge in [-0.25, -0.2) is 0 Å². The van der Waals surface area contributed by atoms with Crippen molar-refractivity contribution in [1.29, 1.82) is 0 Å². The average molecular weight is 305 g/mol. The molecule has 3 aliphatic rings. The van der Waals surface area contributed by atoms with Crippen molar-refractivity contribution in [1.82, 2.24) is 15.1 Å². The van der Waals surface area contributed by atoms with E-state index >= 15 is 0 Å². The van der Waals surface area contributed by atoms with E-state index in [1.54, 1.807) is 0 Å². The van der Waals surface area contributed by atoms with Crippen LogP contribution in [0.5, 0.6) is 0 Å².